The molecule has 3 rings (SSSR count). The van der Waals surface area contributed by atoms with Crippen LogP contribution in [0.15, 0.2) is 48.5 Å². The average Bonchev–Trinajstić information content (AvgIpc) is 2.82. The molecule has 0 aromatic heterocycles. The van der Waals surface area contributed by atoms with Crippen LogP contribution in [-0.4, -0.2) is 44.2 Å². The molecular weight excluding hydrogens is 440 g/mol. The number of hydrogen-bond acceptors (Lipinski definition) is 4. The molecule has 1 fully saturated rings. The molecule has 0 spiro atoms. The summed E-state index contributed by atoms with van der Waals surface area (Å²) in [5.74, 6) is 0.142. The van der Waals surface area contributed by atoms with E-state index in [1.807, 2.05) is 39.0 Å². The van der Waals surface area contributed by atoms with Crippen molar-refractivity contribution in [1.29, 1.82) is 0 Å². The van der Waals surface area contributed by atoms with Crippen molar-refractivity contribution in [3.63, 3.8) is 0 Å². The number of amides is 2. The predicted octanol–water partition coefficient (Wildman–Crippen LogP) is 4.36. The molecule has 6 nitrogen and oxygen atoms in total. The van der Waals surface area contributed by atoms with Gasteiger partial charge in [-0.25, -0.2) is 0 Å². The monoisotopic (exact) mass is 472 g/mol. The van der Waals surface area contributed by atoms with Crippen molar-refractivity contribution in [1.82, 2.24) is 10.6 Å². The van der Waals surface area contributed by atoms with Gasteiger partial charge in [0, 0.05) is 35.8 Å². The Morgan fingerprint density at radius 2 is 1.82 bits per heavy atom. The molecule has 2 aromatic rings. The minimum Gasteiger partial charge on any atom is -0.494 e. The molecule has 1 aliphatic heterocycles. The van der Waals surface area contributed by atoms with Gasteiger partial charge in [0.2, 0.25) is 5.91 Å². The Labute approximate surface area is 201 Å². The molecule has 0 aliphatic carbocycles. The van der Waals surface area contributed by atoms with Crippen molar-refractivity contribution in [2.24, 2.45) is 5.92 Å². The van der Waals surface area contributed by atoms with E-state index in [4.69, 9.17) is 21.1 Å². The van der Waals surface area contributed by atoms with Crippen LogP contribution in [0.3, 0.4) is 0 Å². The van der Waals surface area contributed by atoms with E-state index in [-0.39, 0.29) is 23.1 Å². The molecular formula is C26H33ClN2O4. The summed E-state index contributed by atoms with van der Waals surface area (Å²) in [6.45, 7) is 8.02. The molecule has 1 aliphatic rings. The Hall–Kier alpha value is -2.57. The Kier molecular flexibility index (Phi) is 8.75. The second kappa shape index (κ2) is 11.5. The molecule has 2 amide bonds. The molecule has 0 radical (unpaired) electrons. The molecule has 2 aromatic carbocycles. The zero-order chi connectivity index (χ0) is 23.8. The second-order valence-electron chi connectivity index (χ2n) is 8.77. The van der Waals surface area contributed by atoms with E-state index in [0.29, 0.717) is 42.7 Å². The normalized spacial score (nSPS) is 16.2. The summed E-state index contributed by atoms with van der Waals surface area (Å²) in [5.41, 5.74) is 1.33. The van der Waals surface area contributed by atoms with E-state index >= 15 is 0 Å². The van der Waals surface area contributed by atoms with Crippen LogP contribution < -0.4 is 15.4 Å². The van der Waals surface area contributed by atoms with E-state index in [2.05, 4.69) is 16.7 Å². The van der Waals surface area contributed by atoms with Gasteiger partial charge in [0.1, 0.15) is 11.8 Å². The van der Waals surface area contributed by atoms with Crippen molar-refractivity contribution < 1.29 is 19.1 Å². The molecule has 2 N–H and O–H groups in total. The summed E-state index contributed by atoms with van der Waals surface area (Å²) in [6, 6.07) is 14.1. The quantitative estimate of drug-likeness (QED) is 0.568. The first-order chi connectivity index (χ1) is 15.8. The van der Waals surface area contributed by atoms with Crippen LogP contribution in [0.5, 0.6) is 5.75 Å². The lowest BCUT2D eigenvalue weighted by Gasteiger charge is -2.38. The van der Waals surface area contributed by atoms with Crippen LogP contribution in [0.2, 0.25) is 5.02 Å². The molecule has 1 heterocycles. The highest BCUT2D eigenvalue weighted by atomic mass is 35.5. The zero-order valence-corrected chi connectivity index (χ0v) is 20.3. The average molecular weight is 473 g/mol. The molecule has 33 heavy (non-hydrogen) atoms. The van der Waals surface area contributed by atoms with Gasteiger partial charge >= 0.3 is 0 Å². The van der Waals surface area contributed by atoms with E-state index in [1.165, 1.54) is 0 Å². The van der Waals surface area contributed by atoms with E-state index in [0.717, 1.165) is 18.4 Å². The minimum absolute atomic E-state index is 0.0755. The minimum atomic E-state index is -0.652. The smallest absolute Gasteiger partial charge is 0.251 e. The zero-order valence-electron chi connectivity index (χ0n) is 19.5. The third kappa shape index (κ3) is 6.49. The maximum absolute atomic E-state index is 13.2. The van der Waals surface area contributed by atoms with Crippen molar-refractivity contribution in [3.05, 3.63) is 64.7 Å². The Morgan fingerprint density at radius 1 is 1.12 bits per heavy atom. The van der Waals surface area contributed by atoms with Gasteiger partial charge < -0.3 is 20.1 Å². The van der Waals surface area contributed by atoms with Gasteiger partial charge in [0.15, 0.2) is 0 Å². The fourth-order valence-corrected chi connectivity index (χ4v) is 4.33. The van der Waals surface area contributed by atoms with Gasteiger partial charge in [-0.3, -0.25) is 9.59 Å². The maximum Gasteiger partial charge on any atom is 0.251 e. The lowest BCUT2D eigenvalue weighted by molar-refractivity contribution is -0.124. The fourth-order valence-electron chi connectivity index (χ4n) is 4.14. The molecule has 1 saturated heterocycles. The van der Waals surface area contributed by atoms with Gasteiger partial charge in [0.05, 0.1) is 6.61 Å². The Morgan fingerprint density at radius 3 is 2.42 bits per heavy atom. The van der Waals surface area contributed by atoms with Gasteiger partial charge in [-0.2, -0.15) is 0 Å². The summed E-state index contributed by atoms with van der Waals surface area (Å²) in [5, 5.41) is 6.67. The van der Waals surface area contributed by atoms with Crippen LogP contribution in [0.25, 0.3) is 0 Å². The van der Waals surface area contributed by atoms with Crippen molar-refractivity contribution >= 4 is 23.4 Å². The molecule has 7 heteroatoms. The highest BCUT2D eigenvalue weighted by Crippen LogP contribution is 2.35. The molecule has 178 valence electrons. The summed E-state index contributed by atoms with van der Waals surface area (Å²) in [7, 11) is 0. The van der Waals surface area contributed by atoms with Crippen LogP contribution in [0.1, 0.15) is 49.5 Å². The number of rotatable bonds is 9. The third-order valence-electron chi connectivity index (χ3n) is 6.15. The molecule has 0 saturated carbocycles. The number of benzene rings is 2. The summed E-state index contributed by atoms with van der Waals surface area (Å²) < 4.78 is 11.0. The third-order valence-corrected chi connectivity index (χ3v) is 6.39. The SMILES string of the molecule is CCOc1ccc(C(=O)NC(C(=O)NCC2(c3cccc(Cl)c3)CCOCC2)C(C)C)cc1. The van der Waals surface area contributed by atoms with Gasteiger partial charge in [-0.1, -0.05) is 37.6 Å². The molecule has 0 bridgehead atoms. The summed E-state index contributed by atoms with van der Waals surface area (Å²) in [6.07, 6.45) is 1.58. The molecule has 1 unspecified atom stereocenters. The predicted molar refractivity (Wildman–Crippen MR) is 130 cm³/mol. The fraction of sp³-hybridized carbons (Fsp3) is 0.462. The lowest BCUT2D eigenvalue weighted by atomic mass is 9.74. The van der Waals surface area contributed by atoms with E-state index < -0.39 is 6.04 Å². The van der Waals surface area contributed by atoms with Crippen LogP contribution >= 0.6 is 11.6 Å². The summed E-state index contributed by atoms with van der Waals surface area (Å²) in [4.78, 5) is 26.0. The first kappa shape index (κ1) is 25.1. The van der Waals surface area contributed by atoms with Gasteiger partial charge in [-0.15, -0.1) is 0 Å². The van der Waals surface area contributed by atoms with E-state index in [1.54, 1.807) is 24.3 Å². The van der Waals surface area contributed by atoms with Crippen LogP contribution in [0.4, 0.5) is 0 Å². The lowest BCUT2D eigenvalue weighted by Crippen LogP contribution is -2.53. The number of carbonyl (C=O) groups excluding carboxylic acids is 2. The van der Waals surface area contributed by atoms with Gasteiger partial charge in [0.25, 0.3) is 5.91 Å². The highest BCUT2D eigenvalue weighted by molar-refractivity contribution is 6.30. The second-order valence-corrected chi connectivity index (χ2v) is 9.21. The largest absolute Gasteiger partial charge is 0.494 e. The highest BCUT2D eigenvalue weighted by Gasteiger charge is 2.36. The van der Waals surface area contributed by atoms with Crippen molar-refractivity contribution in [2.75, 3.05) is 26.4 Å². The number of halogens is 1. The topological polar surface area (TPSA) is 76.7 Å². The molecule has 1 atom stereocenters. The maximum atomic E-state index is 13.2. The standard InChI is InChI=1S/C26H33ClN2O4/c1-4-33-22-10-8-19(9-11-22)24(30)29-23(18(2)3)25(31)28-17-26(12-14-32-15-13-26)20-6-5-7-21(27)16-20/h5-11,16,18,23H,4,12-15,17H2,1-3H3,(H,28,31)(H,29,30). The number of nitrogens with one attached hydrogen (secondary N) is 2. The number of hydrogen-bond donors (Lipinski definition) is 2. The first-order valence-corrected chi connectivity index (χ1v) is 11.9. The van der Waals surface area contributed by atoms with Crippen molar-refractivity contribution in [3.8, 4) is 5.75 Å². The van der Waals surface area contributed by atoms with E-state index in [9.17, 15) is 9.59 Å². The number of carbonyl (C=O) groups is 2. The first-order valence-electron chi connectivity index (χ1n) is 11.5. The Balaban J connectivity index is 1.69. The number of ether oxygens (including phenoxy) is 2. The van der Waals surface area contributed by atoms with Crippen LogP contribution in [-0.2, 0) is 14.9 Å². The van der Waals surface area contributed by atoms with Crippen molar-refractivity contribution in [2.45, 2.75) is 45.1 Å². The van der Waals surface area contributed by atoms with Gasteiger partial charge in [-0.05, 0) is 67.6 Å². The summed E-state index contributed by atoms with van der Waals surface area (Å²) >= 11 is 6.25. The Bertz CT molecular complexity index is 940. The van der Waals surface area contributed by atoms with Crippen LogP contribution in [0, 0.1) is 5.92 Å².